The largest absolute Gasteiger partial charge is 0.496 e. The van der Waals surface area contributed by atoms with E-state index in [-0.39, 0.29) is 0 Å². The van der Waals surface area contributed by atoms with Crippen molar-refractivity contribution in [1.29, 1.82) is 0 Å². The van der Waals surface area contributed by atoms with E-state index in [4.69, 9.17) is 13.9 Å². The van der Waals surface area contributed by atoms with Crippen LogP contribution in [0.5, 0.6) is 11.5 Å². The van der Waals surface area contributed by atoms with Gasteiger partial charge in [-0.1, -0.05) is 6.07 Å². The molecule has 0 radical (unpaired) electrons. The first-order chi connectivity index (χ1) is 10.3. The van der Waals surface area contributed by atoms with Gasteiger partial charge in [0.15, 0.2) is 0 Å². The van der Waals surface area contributed by atoms with Gasteiger partial charge < -0.3 is 13.9 Å². The molecular weight excluding hydrogens is 270 g/mol. The fourth-order valence-corrected chi connectivity index (χ4v) is 1.99. The van der Waals surface area contributed by atoms with Gasteiger partial charge in [-0.15, -0.1) is 10.2 Å². The molecule has 2 heterocycles. The number of nitrogens with zero attached hydrogens (tertiary/aromatic N) is 3. The standard InChI is InChI=1S/C15H13N3O3/c1-19-11-6-3-7-12(20-2)13(11)15-18-17-14(21-15)10-5-4-8-16-9-10/h3-9H,1-2H3. The number of benzene rings is 1. The maximum absolute atomic E-state index is 5.72. The molecule has 0 aliphatic carbocycles. The van der Waals surface area contributed by atoms with E-state index in [2.05, 4.69) is 15.2 Å². The quantitative estimate of drug-likeness (QED) is 0.733. The van der Waals surface area contributed by atoms with Gasteiger partial charge >= 0.3 is 0 Å². The van der Waals surface area contributed by atoms with Gasteiger partial charge in [-0.3, -0.25) is 4.98 Å². The van der Waals surface area contributed by atoms with E-state index < -0.39 is 0 Å². The van der Waals surface area contributed by atoms with Gasteiger partial charge in [-0.25, -0.2) is 0 Å². The third-order valence-electron chi connectivity index (χ3n) is 2.98. The molecule has 0 aliphatic rings. The SMILES string of the molecule is COc1cccc(OC)c1-c1nnc(-c2cccnc2)o1. The molecule has 0 spiro atoms. The first-order valence-corrected chi connectivity index (χ1v) is 6.28. The first-order valence-electron chi connectivity index (χ1n) is 6.28. The Morgan fingerprint density at radius 2 is 1.62 bits per heavy atom. The lowest BCUT2D eigenvalue weighted by atomic mass is 10.1. The van der Waals surface area contributed by atoms with Gasteiger partial charge in [0.05, 0.1) is 19.8 Å². The highest BCUT2D eigenvalue weighted by Gasteiger charge is 2.19. The van der Waals surface area contributed by atoms with Crippen LogP contribution in [0.15, 0.2) is 47.1 Å². The highest BCUT2D eigenvalue weighted by molar-refractivity contribution is 5.71. The minimum absolute atomic E-state index is 0.336. The van der Waals surface area contributed by atoms with Crippen LogP contribution >= 0.6 is 0 Å². The summed E-state index contributed by atoms with van der Waals surface area (Å²) in [5.74, 6) is 1.95. The van der Waals surface area contributed by atoms with Gasteiger partial charge in [0.25, 0.3) is 5.89 Å². The molecule has 0 bridgehead atoms. The van der Waals surface area contributed by atoms with E-state index in [1.807, 2.05) is 30.3 Å². The zero-order valence-corrected chi connectivity index (χ0v) is 11.6. The van der Waals surface area contributed by atoms with Crippen LogP contribution in [-0.2, 0) is 0 Å². The van der Waals surface area contributed by atoms with Crippen molar-refractivity contribution < 1.29 is 13.9 Å². The van der Waals surface area contributed by atoms with E-state index in [9.17, 15) is 0 Å². The summed E-state index contributed by atoms with van der Waals surface area (Å²) in [6.45, 7) is 0. The van der Waals surface area contributed by atoms with Crippen LogP contribution in [-0.4, -0.2) is 29.4 Å². The second-order valence-electron chi connectivity index (χ2n) is 4.19. The number of hydrogen-bond acceptors (Lipinski definition) is 6. The van der Waals surface area contributed by atoms with Crippen LogP contribution in [0.25, 0.3) is 22.9 Å². The highest BCUT2D eigenvalue weighted by Crippen LogP contribution is 2.38. The number of ether oxygens (including phenoxy) is 2. The highest BCUT2D eigenvalue weighted by atomic mass is 16.5. The Kier molecular flexibility index (Phi) is 3.51. The fourth-order valence-electron chi connectivity index (χ4n) is 1.99. The lowest BCUT2D eigenvalue weighted by molar-refractivity contribution is 0.394. The maximum atomic E-state index is 5.72. The molecule has 0 unspecified atom stereocenters. The second-order valence-corrected chi connectivity index (χ2v) is 4.19. The summed E-state index contributed by atoms with van der Waals surface area (Å²) in [6.07, 6.45) is 3.35. The summed E-state index contributed by atoms with van der Waals surface area (Å²) in [5, 5.41) is 8.12. The molecule has 6 nitrogen and oxygen atoms in total. The third-order valence-corrected chi connectivity index (χ3v) is 2.98. The van der Waals surface area contributed by atoms with Crippen molar-refractivity contribution in [2.75, 3.05) is 14.2 Å². The van der Waals surface area contributed by atoms with Gasteiger partial charge in [0.1, 0.15) is 17.1 Å². The number of hydrogen-bond donors (Lipinski definition) is 0. The molecule has 0 amide bonds. The zero-order chi connectivity index (χ0) is 14.7. The Morgan fingerprint density at radius 1 is 0.905 bits per heavy atom. The van der Waals surface area contributed by atoms with Crippen molar-refractivity contribution in [2.45, 2.75) is 0 Å². The number of pyridine rings is 1. The number of aromatic nitrogens is 3. The second kappa shape index (κ2) is 5.62. The molecule has 2 aromatic heterocycles. The molecule has 6 heteroatoms. The summed E-state index contributed by atoms with van der Waals surface area (Å²) >= 11 is 0. The van der Waals surface area contributed by atoms with Crippen LogP contribution in [0, 0.1) is 0 Å². The Labute approximate surface area is 121 Å². The van der Waals surface area contributed by atoms with Crippen LogP contribution in [0.4, 0.5) is 0 Å². The van der Waals surface area contributed by atoms with Crippen LogP contribution in [0.2, 0.25) is 0 Å². The Balaban J connectivity index is 2.08. The molecular formula is C15H13N3O3. The third kappa shape index (κ3) is 2.43. The predicted octanol–water partition coefficient (Wildman–Crippen LogP) is 2.82. The minimum atomic E-state index is 0.336. The molecule has 0 fully saturated rings. The summed E-state index contributed by atoms with van der Waals surface area (Å²) in [6, 6.07) is 9.11. The molecule has 0 saturated heterocycles. The first kappa shape index (κ1) is 13.1. The van der Waals surface area contributed by atoms with Crippen molar-refractivity contribution in [3.63, 3.8) is 0 Å². The van der Waals surface area contributed by atoms with Crippen molar-refractivity contribution in [3.8, 4) is 34.4 Å². The zero-order valence-electron chi connectivity index (χ0n) is 11.6. The predicted molar refractivity (Wildman–Crippen MR) is 76.1 cm³/mol. The van der Waals surface area contributed by atoms with E-state index in [0.717, 1.165) is 5.56 Å². The van der Waals surface area contributed by atoms with Crippen molar-refractivity contribution >= 4 is 0 Å². The lowest BCUT2D eigenvalue weighted by Crippen LogP contribution is -1.92. The maximum Gasteiger partial charge on any atom is 0.255 e. The van der Waals surface area contributed by atoms with E-state index in [1.165, 1.54) is 0 Å². The molecule has 21 heavy (non-hydrogen) atoms. The monoisotopic (exact) mass is 283 g/mol. The van der Waals surface area contributed by atoms with Crippen molar-refractivity contribution in [2.24, 2.45) is 0 Å². The molecule has 0 aliphatic heterocycles. The Hall–Kier alpha value is -2.89. The van der Waals surface area contributed by atoms with Crippen LogP contribution in [0.3, 0.4) is 0 Å². The molecule has 106 valence electrons. The van der Waals surface area contributed by atoms with Crippen molar-refractivity contribution in [1.82, 2.24) is 15.2 Å². The molecule has 0 atom stereocenters. The van der Waals surface area contributed by atoms with Crippen LogP contribution < -0.4 is 9.47 Å². The van der Waals surface area contributed by atoms with E-state index in [1.54, 1.807) is 26.6 Å². The van der Waals surface area contributed by atoms with Gasteiger partial charge in [-0.2, -0.15) is 0 Å². The minimum Gasteiger partial charge on any atom is -0.496 e. The normalized spacial score (nSPS) is 10.4. The number of methoxy groups -OCH3 is 2. The summed E-state index contributed by atoms with van der Waals surface area (Å²) in [5.41, 5.74) is 1.38. The fraction of sp³-hybridized carbons (Fsp3) is 0.133. The average Bonchev–Trinajstić information content (AvgIpc) is 3.04. The summed E-state index contributed by atoms with van der Waals surface area (Å²) in [4.78, 5) is 4.03. The topological polar surface area (TPSA) is 70.3 Å². The molecule has 3 rings (SSSR count). The lowest BCUT2D eigenvalue weighted by Gasteiger charge is -2.09. The van der Waals surface area contributed by atoms with E-state index in [0.29, 0.717) is 28.8 Å². The average molecular weight is 283 g/mol. The van der Waals surface area contributed by atoms with Gasteiger partial charge in [0, 0.05) is 12.4 Å². The Bertz CT molecular complexity index is 719. The van der Waals surface area contributed by atoms with E-state index >= 15 is 0 Å². The van der Waals surface area contributed by atoms with Gasteiger partial charge in [-0.05, 0) is 24.3 Å². The molecule has 1 aromatic carbocycles. The Morgan fingerprint density at radius 3 is 2.24 bits per heavy atom. The summed E-state index contributed by atoms with van der Waals surface area (Å²) in [7, 11) is 3.16. The molecule has 0 saturated carbocycles. The van der Waals surface area contributed by atoms with Crippen LogP contribution in [0.1, 0.15) is 0 Å². The smallest absolute Gasteiger partial charge is 0.255 e. The van der Waals surface area contributed by atoms with Gasteiger partial charge in [0.2, 0.25) is 5.89 Å². The molecule has 3 aromatic rings. The van der Waals surface area contributed by atoms with Crippen molar-refractivity contribution in [3.05, 3.63) is 42.7 Å². The summed E-state index contributed by atoms with van der Waals surface area (Å²) < 4.78 is 16.4. The molecule has 0 N–H and O–H groups in total. The number of rotatable bonds is 4.